The molecule has 1 fully saturated rings. The Labute approximate surface area is 118 Å². The first kappa shape index (κ1) is 12.8. The van der Waals surface area contributed by atoms with Gasteiger partial charge in [-0.1, -0.05) is 0 Å². The molecule has 0 unspecified atom stereocenters. The Kier molecular flexibility index (Phi) is 3.49. The molecule has 0 N–H and O–H groups in total. The van der Waals surface area contributed by atoms with Crippen molar-refractivity contribution in [2.24, 2.45) is 0 Å². The lowest BCUT2D eigenvalue weighted by Crippen LogP contribution is -2.32. The Morgan fingerprint density at radius 2 is 1.75 bits per heavy atom. The molecule has 106 valence electrons. The van der Waals surface area contributed by atoms with Gasteiger partial charge in [-0.05, 0) is 19.3 Å². The van der Waals surface area contributed by atoms with Crippen molar-refractivity contribution in [1.82, 2.24) is 24.5 Å². The molecule has 0 saturated carbocycles. The molecule has 0 bridgehead atoms. The van der Waals surface area contributed by atoms with Gasteiger partial charge < -0.3 is 9.80 Å². The number of hydrogen-bond donors (Lipinski definition) is 0. The highest BCUT2D eigenvalue weighted by atomic mass is 15.4. The summed E-state index contributed by atoms with van der Waals surface area (Å²) in [7, 11) is 3.88. The van der Waals surface area contributed by atoms with E-state index in [0.717, 1.165) is 19.0 Å². The molecule has 0 aromatic carbocycles. The summed E-state index contributed by atoms with van der Waals surface area (Å²) in [5, 5.41) is 0. The Morgan fingerprint density at radius 1 is 1.00 bits per heavy atom. The molecule has 1 aliphatic rings. The van der Waals surface area contributed by atoms with Gasteiger partial charge in [-0.2, -0.15) is 15.0 Å². The van der Waals surface area contributed by atoms with Gasteiger partial charge >= 0.3 is 0 Å². The summed E-state index contributed by atoms with van der Waals surface area (Å²) in [6.07, 6.45) is 8.95. The van der Waals surface area contributed by atoms with Gasteiger partial charge in [0.1, 0.15) is 6.33 Å². The highest BCUT2D eigenvalue weighted by Gasteiger charge is 2.17. The lowest BCUT2D eigenvalue weighted by atomic mass is 10.1. The van der Waals surface area contributed by atoms with E-state index in [9.17, 15) is 0 Å². The standard InChI is InChI=1S/C13H19N7/c1-18(2)11-15-12(19-7-4-3-5-8-19)17-13(16-11)20-9-6-14-10-20/h6,9-10H,3-5,7-8H2,1-2H3. The van der Waals surface area contributed by atoms with Crippen LogP contribution in [0, 0.1) is 0 Å². The van der Waals surface area contributed by atoms with Gasteiger partial charge in [0.15, 0.2) is 0 Å². The summed E-state index contributed by atoms with van der Waals surface area (Å²) >= 11 is 0. The minimum Gasteiger partial charge on any atom is -0.347 e. The summed E-state index contributed by atoms with van der Waals surface area (Å²) in [4.78, 5) is 21.8. The van der Waals surface area contributed by atoms with Gasteiger partial charge in [-0.25, -0.2) is 4.98 Å². The van der Waals surface area contributed by atoms with Crippen molar-refractivity contribution in [3.8, 4) is 5.95 Å². The van der Waals surface area contributed by atoms with Gasteiger partial charge in [-0.3, -0.25) is 4.57 Å². The average molecular weight is 273 g/mol. The molecule has 1 aliphatic heterocycles. The third kappa shape index (κ3) is 2.56. The summed E-state index contributed by atoms with van der Waals surface area (Å²) in [6.45, 7) is 2.03. The van der Waals surface area contributed by atoms with Crippen molar-refractivity contribution in [1.29, 1.82) is 0 Å². The molecular formula is C13H19N7. The SMILES string of the molecule is CN(C)c1nc(N2CCCCC2)nc(-n2ccnc2)n1. The van der Waals surface area contributed by atoms with Crippen molar-refractivity contribution in [2.75, 3.05) is 37.0 Å². The number of anilines is 2. The van der Waals surface area contributed by atoms with E-state index < -0.39 is 0 Å². The van der Waals surface area contributed by atoms with Crippen molar-refractivity contribution in [3.05, 3.63) is 18.7 Å². The van der Waals surface area contributed by atoms with Gasteiger partial charge in [0.25, 0.3) is 0 Å². The fourth-order valence-corrected chi connectivity index (χ4v) is 2.27. The molecule has 2 aromatic heterocycles. The fraction of sp³-hybridized carbons (Fsp3) is 0.538. The van der Waals surface area contributed by atoms with Crippen LogP contribution in [-0.4, -0.2) is 51.7 Å². The monoisotopic (exact) mass is 273 g/mol. The first-order valence-corrected chi connectivity index (χ1v) is 6.91. The zero-order chi connectivity index (χ0) is 13.9. The van der Waals surface area contributed by atoms with Crippen molar-refractivity contribution >= 4 is 11.9 Å². The maximum atomic E-state index is 4.58. The van der Waals surface area contributed by atoms with Crippen LogP contribution >= 0.6 is 0 Å². The van der Waals surface area contributed by atoms with Gasteiger partial charge in [0.05, 0.1) is 0 Å². The molecule has 0 spiro atoms. The van der Waals surface area contributed by atoms with E-state index in [-0.39, 0.29) is 0 Å². The topological polar surface area (TPSA) is 63.0 Å². The zero-order valence-electron chi connectivity index (χ0n) is 11.9. The Morgan fingerprint density at radius 3 is 2.40 bits per heavy atom. The van der Waals surface area contributed by atoms with Crippen LogP contribution in [0.15, 0.2) is 18.7 Å². The fourth-order valence-electron chi connectivity index (χ4n) is 2.27. The van der Waals surface area contributed by atoms with Gasteiger partial charge in [0.2, 0.25) is 17.8 Å². The Hall–Kier alpha value is -2.18. The quantitative estimate of drug-likeness (QED) is 0.835. The largest absolute Gasteiger partial charge is 0.347 e. The van der Waals surface area contributed by atoms with Crippen LogP contribution in [0.3, 0.4) is 0 Å². The van der Waals surface area contributed by atoms with Crippen LogP contribution in [0.1, 0.15) is 19.3 Å². The van der Waals surface area contributed by atoms with Crippen LogP contribution in [0.4, 0.5) is 11.9 Å². The minimum absolute atomic E-state index is 0.613. The van der Waals surface area contributed by atoms with Crippen LogP contribution in [0.25, 0.3) is 5.95 Å². The summed E-state index contributed by atoms with van der Waals surface area (Å²) in [6, 6.07) is 0. The van der Waals surface area contributed by atoms with Crippen LogP contribution in [0.2, 0.25) is 0 Å². The molecule has 3 heterocycles. The molecule has 0 amide bonds. The second-order valence-corrected chi connectivity index (χ2v) is 5.15. The molecule has 0 radical (unpaired) electrons. The maximum Gasteiger partial charge on any atom is 0.241 e. The normalized spacial score (nSPS) is 15.4. The van der Waals surface area contributed by atoms with Crippen molar-refractivity contribution in [2.45, 2.75) is 19.3 Å². The number of nitrogens with zero attached hydrogens (tertiary/aromatic N) is 7. The molecule has 20 heavy (non-hydrogen) atoms. The molecule has 0 atom stereocenters. The third-order valence-corrected chi connectivity index (χ3v) is 3.37. The van der Waals surface area contributed by atoms with Gasteiger partial charge in [0, 0.05) is 39.6 Å². The smallest absolute Gasteiger partial charge is 0.241 e. The van der Waals surface area contributed by atoms with Crippen LogP contribution < -0.4 is 9.80 Å². The van der Waals surface area contributed by atoms with E-state index in [4.69, 9.17) is 0 Å². The van der Waals surface area contributed by atoms with E-state index >= 15 is 0 Å². The second kappa shape index (κ2) is 5.44. The predicted octanol–water partition coefficient (Wildman–Crippen LogP) is 1.11. The Bertz CT molecular complexity index is 558. The highest BCUT2D eigenvalue weighted by molar-refractivity contribution is 5.41. The highest BCUT2D eigenvalue weighted by Crippen LogP contribution is 2.18. The zero-order valence-corrected chi connectivity index (χ0v) is 11.9. The van der Waals surface area contributed by atoms with Crippen LogP contribution in [-0.2, 0) is 0 Å². The van der Waals surface area contributed by atoms with E-state index in [0.29, 0.717) is 11.9 Å². The summed E-state index contributed by atoms with van der Waals surface area (Å²) in [5.41, 5.74) is 0. The van der Waals surface area contributed by atoms with E-state index in [1.54, 1.807) is 12.5 Å². The molecule has 7 nitrogen and oxygen atoms in total. The van der Waals surface area contributed by atoms with Crippen LogP contribution in [0.5, 0.6) is 0 Å². The predicted molar refractivity (Wildman–Crippen MR) is 77.3 cm³/mol. The molecule has 1 saturated heterocycles. The molecule has 7 heteroatoms. The molecule has 0 aliphatic carbocycles. The lowest BCUT2D eigenvalue weighted by Gasteiger charge is -2.27. The first-order valence-electron chi connectivity index (χ1n) is 6.91. The van der Waals surface area contributed by atoms with E-state index in [1.807, 2.05) is 29.8 Å². The number of aromatic nitrogens is 5. The third-order valence-electron chi connectivity index (χ3n) is 3.37. The minimum atomic E-state index is 0.613. The number of piperidine rings is 1. The van der Waals surface area contributed by atoms with E-state index in [2.05, 4.69) is 24.8 Å². The average Bonchev–Trinajstić information content (AvgIpc) is 3.02. The Balaban J connectivity index is 2.00. The molecular weight excluding hydrogens is 254 g/mol. The number of hydrogen-bond acceptors (Lipinski definition) is 6. The molecule has 2 aromatic rings. The summed E-state index contributed by atoms with van der Waals surface area (Å²) < 4.78 is 1.81. The lowest BCUT2D eigenvalue weighted by molar-refractivity contribution is 0.566. The first-order chi connectivity index (χ1) is 9.74. The van der Waals surface area contributed by atoms with Crippen molar-refractivity contribution in [3.63, 3.8) is 0 Å². The second-order valence-electron chi connectivity index (χ2n) is 5.15. The van der Waals surface area contributed by atoms with Crippen molar-refractivity contribution < 1.29 is 0 Å². The summed E-state index contributed by atoms with van der Waals surface area (Å²) in [5.74, 6) is 2.04. The maximum absolute atomic E-state index is 4.58. The van der Waals surface area contributed by atoms with Gasteiger partial charge in [-0.15, -0.1) is 0 Å². The number of rotatable bonds is 3. The molecule has 3 rings (SSSR count). The van der Waals surface area contributed by atoms with E-state index in [1.165, 1.54) is 19.3 Å². The number of imidazole rings is 1.